The minimum Gasteiger partial charge on any atom is -0.480 e. The van der Waals surface area contributed by atoms with Crippen molar-refractivity contribution in [3.63, 3.8) is 0 Å². The van der Waals surface area contributed by atoms with Gasteiger partial charge in [-0.1, -0.05) is 30.2 Å². The molecule has 1 aromatic rings. The highest BCUT2D eigenvalue weighted by atomic mass is 16.4. The highest BCUT2D eigenvalue weighted by molar-refractivity contribution is 5.74. The number of hydrogen-bond donors (Lipinski definition) is 1. The van der Waals surface area contributed by atoms with Crippen LogP contribution in [0.4, 0.5) is 0 Å². The Labute approximate surface area is 120 Å². The van der Waals surface area contributed by atoms with Crippen LogP contribution in [-0.2, 0) is 11.3 Å². The van der Waals surface area contributed by atoms with Crippen molar-refractivity contribution in [3.05, 3.63) is 34.9 Å². The molecule has 3 rings (SSSR count). The molecule has 1 saturated carbocycles. The number of fused-ring (bicyclic) bond motifs is 1. The molecule has 2 aliphatic rings. The zero-order valence-corrected chi connectivity index (χ0v) is 12.3. The average Bonchev–Trinajstić information content (AvgIpc) is 2.91. The summed E-state index contributed by atoms with van der Waals surface area (Å²) in [6, 6.07) is 6.18. The summed E-state index contributed by atoms with van der Waals surface area (Å²) in [6.07, 6.45) is 3.50. The standard InChI is InChI=1S/C17H23NO2/c1-11-6-7-13(12(2)8-11)9-18-10-14-4-3-5-15(14)16(18)17(19)20/h6-8,14-16H,3-5,9-10H2,1-2H3,(H,19,20). The second-order valence-corrected chi connectivity index (χ2v) is 6.50. The quantitative estimate of drug-likeness (QED) is 0.920. The lowest BCUT2D eigenvalue weighted by atomic mass is 9.94. The van der Waals surface area contributed by atoms with Gasteiger partial charge in [-0.25, -0.2) is 0 Å². The number of aliphatic carboxylic acids is 1. The van der Waals surface area contributed by atoms with Crippen LogP contribution in [0.1, 0.15) is 36.0 Å². The van der Waals surface area contributed by atoms with E-state index < -0.39 is 5.97 Å². The fraction of sp³-hybridized carbons (Fsp3) is 0.588. The van der Waals surface area contributed by atoms with Gasteiger partial charge in [-0.15, -0.1) is 0 Å². The molecule has 20 heavy (non-hydrogen) atoms. The molecule has 0 amide bonds. The van der Waals surface area contributed by atoms with Crippen LogP contribution in [0.25, 0.3) is 0 Å². The maximum absolute atomic E-state index is 11.6. The van der Waals surface area contributed by atoms with E-state index in [1.807, 2.05) is 0 Å². The van der Waals surface area contributed by atoms with Gasteiger partial charge >= 0.3 is 5.97 Å². The Bertz CT molecular complexity index is 526. The summed E-state index contributed by atoms with van der Waals surface area (Å²) in [5, 5.41) is 9.58. The highest BCUT2D eigenvalue weighted by Crippen LogP contribution is 2.42. The molecule has 1 N–H and O–H groups in total. The van der Waals surface area contributed by atoms with E-state index in [2.05, 4.69) is 36.9 Å². The number of nitrogens with zero attached hydrogens (tertiary/aromatic N) is 1. The maximum Gasteiger partial charge on any atom is 0.321 e. The van der Waals surface area contributed by atoms with E-state index in [1.165, 1.54) is 29.5 Å². The largest absolute Gasteiger partial charge is 0.480 e. The van der Waals surface area contributed by atoms with E-state index in [-0.39, 0.29) is 6.04 Å². The molecule has 0 aromatic heterocycles. The van der Waals surface area contributed by atoms with E-state index >= 15 is 0 Å². The van der Waals surface area contributed by atoms with Crippen LogP contribution in [0.3, 0.4) is 0 Å². The molecule has 3 atom stereocenters. The molecule has 2 fully saturated rings. The van der Waals surface area contributed by atoms with Crippen molar-refractivity contribution in [3.8, 4) is 0 Å². The Morgan fingerprint density at radius 3 is 2.85 bits per heavy atom. The first-order valence-electron chi connectivity index (χ1n) is 7.59. The van der Waals surface area contributed by atoms with Crippen molar-refractivity contribution in [1.29, 1.82) is 0 Å². The average molecular weight is 273 g/mol. The van der Waals surface area contributed by atoms with Crippen LogP contribution in [0, 0.1) is 25.7 Å². The molecule has 108 valence electrons. The van der Waals surface area contributed by atoms with Gasteiger partial charge in [-0.2, -0.15) is 0 Å². The summed E-state index contributed by atoms with van der Waals surface area (Å²) >= 11 is 0. The molecule has 1 aliphatic heterocycles. The Hall–Kier alpha value is -1.35. The molecule has 0 bridgehead atoms. The second-order valence-electron chi connectivity index (χ2n) is 6.50. The van der Waals surface area contributed by atoms with Crippen molar-refractivity contribution in [2.24, 2.45) is 11.8 Å². The summed E-state index contributed by atoms with van der Waals surface area (Å²) in [6.45, 7) is 5.94. The second kappa shape index (κ2) is 5.21. The highest BCUT2D eigenvalue weighted by Gasteiger charge is 2.47. The van der Waals surface area contributed by atoms with Crippen LogP contribution in [0.15, 0.2) is 18.2 Å². The first-order chi connectivity index (χ1) is 9.56. The Balaban J connectivity index is 1.81. The van der Waals surface area contributed by atoms with E-state index in [1.54, 1.807) is 0 Å². The van der Waals surface area contributed by atoms with Gasteiger partial charge < -0.3 is 5.11 Å². The zero-order chi connectivity index (χ0) is 14.3. The number of benzene rings is 1. The predicted molar refractivity (Wildman–Crippen MR) is 78.6 cm³/mol. The molecular weight excluding hydrogens is 250 g/mol. The van der Waals surface area contributed by atoms with Gasteiger partial charge in [0.25, 0.3) is 0 Å². The molecular formula is C17H23NO2. The van der Waals surface area contributed by atoms with Crippen LogP contribution < -0.4 is 0 Å². The number of carboxylic acids is 1. The SMILES string of the molecule is Cc1ccc(CN2CC3CCCC3C2C(=O)O)c(C)c1. The number of carboxylic acid groups (broad SMARTS) is 1. The Kier molecular flexibility index (Phi) is 3.55. The molecule has 0 radical (unpaired) electrons. The summed E-state index contributed by atoms with van der Waals surface area (Å²) in [5.41, 5.74) is 3.80. The Morgan fingerprint density at radius 1 is 1.35 bits per heavy atom. The number of aryl methyl sites for hydroxylation is 2. The summed E-state index contributed by atoms with van der Waals surface area (Å²) in [5.74, 6) is 0.337. The van der Waals surface area contributed by atoms with Crippen LogP contribution >= 0.6 is 0 Å². The molecule has 1 aliphatic carbocycles. The topological polar surface area (TPSA) is 40.5 Å². The number of hydrogen-bond acceptors (Lipinski definition) is 2. The zero-order valence-electron chi connectivity index (χ0n) is 12.3. The van der Waals surface area contributed by atoms with Crippen molar-refractivity contribution in [1.82, 2.24) is 4.90 Å². The lowest BCUT2D eigenvalue weighted by molar-refractivity contribution is -0.143. The molecule has 1 aromatic carbocycles. The van der Waals surface area contributed by atoms with E-state index in [0.717, 1.165) is 19.5 Å². The third-order valence-electron chi connectivity index (χ3n) is 5.11. The molecule has 3 nitrogen and oxygen atoms in total. The van der Waals surface area contributed by atoms with Gasteiger partial charge in [0.1, 0.15) is 6.04 Å². The van der Waals surface area contributed by atoms with Crippen molar-refractivity contribution >= 4 is 5.97 Å². The lowest BCUT2D eigenvalue weighted by Crippen LogP contribution is -2.39. The number of rotatable bonds is 3. The third kappa shape index (κ3) is 2.35. The van der Waals surface area contributed by atoms with Gasteiger partial charge in [0.05, 0.1) is 0 Å². The van der Waals surface area contributed by atoms with Crippen LogP contribution in [0.2, 0.25) is 0 Å². The fourth-order valence-corrected chi connectivity index (χ4v) is 4.14. The molecule has 0 spiro atoms. The smallest absolute Gasteiger partial charge is 0.321 e. The normalized spacial score (nSPS) is 29.6. The molecule has 3 unspecified atom stereocenters. The fourth-order valence-electron chi connectivity index (χ4n) is 4.14. The lowest BCUT2D eigenvalue weighted by Gasteiger charge is -2.25. The number of likely N-dealkylation sites (tertiary alicyclic amines) is 1. The Morgan fingerprint density at radius 2 is 2.15 bits per heavy atom. The van der Waals surface area contributed by atoms with Crippen molar-refractivity contribution in [2.45, 2.75) is 45.7 Å². The maximum atomic E-state index is 11.6. The van der Waals surface area contributed by atoms with Crippen molar-refractivity contribution < 1.29 is 9.90 Å². The van der Waals surface area contributed by atoms with E-state index in [0.29, 0.717) is 11.8 Å². The predicted octanol–water partition coefficient (Wildman–Crippen LogP) is 2.99. The van der Waals surface area contributed by atoms with Gasteiger partial charge in [0.2, 0.25) is 0 Å². The summed E-state index contributed by atoms with van der Waals surface area (Å²) in [7, 11) is 0. The monoisotopic (exact) mass is 273 g/mol. The molecule has 1 saturated heterocycles. The molecule has 3 heteroatoms. The van der Waals surface area contributed by atoms with Gasteiger partial charge in [-0.3, -0.25) is 9.69 Å². The first kappa shape index (κ1) is 13.6. The minimum atomic E-state index is -0.635. The van der Waals surface area contributed by atoms with Gasteiger partial charge in [-0.05, 0) is 49.7 Å². The third-order valence-corrected chi connectivity index (χ3v) is 5.11. The minimum absolute atomic E-state index is 0.275. The summed E-state index contributed by atoms with van der Waals surface area (Å²) < 4.78 is 0. The number of carbonyl (C=O) groups is 1. The van der Waals surface area contributed by atoms with Gasteiger partial charge in [0.15, 0.2) is 0 Å². The van der Waals surface area contributed by atoms with E-state index in [4.69, 9.17) is 0 Å². The first-order valence-corrected chi connectivity index (χ1v) is 7.59. The van der Waals surface area contributed by atoms with Crippen LogP contribution in [-0.4, -0.2) is 28.6 Å². The van der Waals surface area contributed by atoms with E-state index in [9.17, 15) is 9.90 Å². The van der Waals surface area contributed by atoms with Gasteiger partial charge in [0, 0.05) is 13.1 Å². The van der Waals surface area contributed by atoms with Crippen LogP contribution in [0.5, 0.6) is 0 Å². The molecule has 1 heterocycles. The van der Waals surface area contributed by atoms with Crippen molar-refractivity contribution in [2.75, 3.05) is 6.54 Å². The summed E-state index contributed by atoms with van der Waals surface area (Å²) in [4.78, 5) is 13.8.